The Morgan fingerprint density at radius 2 is 2.04 bits per heavy atom. The fourth-order valence-electron chi connectivity index (χ4n) is 2.80. The first-order chi connectivity index (χ1) is 12.5. The van der Waals surface area contributed by atoms with Crippen molar-refractivity contribution in [3.05, 3.63) is 76.7 Å². The quantitative estimate of drug-likeness (QED) is 0.405. The summed E-state index contributed by atoms with van der Waals surface area (Å²) < 4.78 is 20.5. The van der Waals surface area contributed by atoms with E-state index in [1.165, 1.54) is 12.1 Å². The van der Waals surface area contributed by atoms with Gasteiger partial charge in [-0.05, 0) is 37.3 Å². The maximum atomic E-state index is 13.8. The molecule has 1 aromatic carbocycles. The van der Waals surface area contributed by atoms with Crippen LogP contribution in [0.15, 0.2) is 59.7 Å². The van der Waals surface area contributed by atoms with Crippen LogP contribution in [0.25, 0.3) is 22.2 Å². The Labute approximate surface area is 158 Å². The molecule has 3 heterocycles. The third-order valence-corrected chi connectivity index (χ3v) is 4.83. The van der Waals surface area contributed by atoms with Gasteiger partial charge in [-0.2, -0.15) is 4.73 Å². The van der Waals surface area contributed by atoms with Gasteiger partial charge in [0.25, 0.3) is 0 Å². The van der Waals surface area contributed by atoms with E-state index in [1.54, 1.807) is 36.6 Å². The molecule has 0 aliphatic heterocycles. The lowest BCUT2D eigenvalue weighted by Crippen LogP contribution is -2.16. The van der Waals surface area contributed by atoms with Gasteiger partial charge in [-0.1, -0.05) is 23.2 Å². The number of aromatic nitrogens is 2. The number of rotatable bonds is 4. The Balaban J connectivity index is 1.71. The second-order valence-corrected chi connectivity index (χ2v) is 6.57. The van der Waals surface area contributed by atoms with Crippen LogP contribution < -0.4 is 4.84 Å². The van der Waals surface area contributed by atoms with Crippen molar-refractivity contribution in [3.8, 4) is 11.1 Å². The summed E-state index contributed by atoms with van der Waals surface area (Å²) in [4.78, 5) is 10.4. The SMILES string of the molecule is CC(On1ccc2ncc(-c3ccoc3)cc21)c1c(Cl)ccc(F)c1Cl. The van der Waals surface area contributed by atoms with Gasteiger partial charge in [0.15, 0.2) is 6.10 Å². The zero-order valence-corrected chi connectivity index (χ0v) is 15.1. The minimum absolute atomic E-state index is 0.0429. The number of pyridine rings is 1. The lowest BCUT2D eigenvalue weighted by atomic mass is 10.1. The third kappa shape index (κ3) is 2.93. The van der Waals surface area contributed by atoms with Gasteiger partial charge in [0.05, 0.1) is 23.1 Å². The monoisotopic (exact) mass is 390 g/mol. The van der Waals surface area contributed by atoms with Crippen molar-refractivity contribution in [2.24, 2.45) is 0 Å². The Hall–Kier alpha value is -2.50. The maximum Gasteiger partial charge on any atom is 0.150 e. The van der Waals surface area contributed by atoms with Crippen LogP contribution in [0.4, 0.5) is 4.39 Å². The molecular weight excluding hydrogens is 378 g/mol. The van der Waals surface area contributed by atoms with Gasteiger partial charge in [0.2, 0.25) is 0 Å². The van der Waals surface area contributed by atoms with Gasteiger partial charge in [0, 0.05) is 34.1 Å². The minimum Gasteiger partial charge on any atom is -0.472 e. The molecule has 7 heteroatoms. The number of nitrogens with zero attached hydrogens (tertiary/aromatic N) is 2. The minimum atomic E-state index is -0.570. The number of fused-ring (bicyclic) bond motifs is 1. The number of benzene rings is 1. The molecule has 132 valence electrons. The summed E-state index contributed by atoms with van der Waals surface area (Å²) in [5.74, 6) is -0.539. The van der Waals surface area contributed by atoms with Gasteiger partial charge < -0.3 is 9.25 Å². The van der Waals surface area contributed by atoms with Crippen molar-refractivity contribution in [1.82, 2.24) is 9.71 Å². The molecule has 4 nitrogen and oxygen atoms in total. The van der Waals surface area contributed by atoms with Gasteiger partial charge in [-0.25, -0.2) is 4.39 Å². The van der Waals surface area contributed by atoms with Crippen LogP contribution in [0.1, 0.15) is 18.6 Å². The van der Waals surface area contributed by atoms with E-state index in [9.17, 15) is 4.39 Å². The van der Waals surface area contributed by atoms with E-state index in [2.05, 4.69) is 4.98 Å². The van der Waals surface area contributed by atoms with Crippen LogP contribution >= 0.6 is 23.2 Å². The van der Waals surface area contributed by atoms with Crippen LogP contribution in [0.2, 0.25) is 10.0 Å². The molecule has 0 saturated heterocycles. The van der Waals surface area contributed by atoms with E-state index in [4.69, 9.17) is 32.5 Å². The number of hydrogen-bond donors (Lipinski definition) is 0. The zero-order valence-electron chi connectivity index (χ0n) is 13.6. The zero-order chi connectivity index (χ0) is 18.3. The first-order valence-corrected chi connectivity index (χ1v) is 8.60. The van der Waals surface area contributed by atoms with Crippen molar-refractivity contribution in [1.29, 1.82) is 0 Å². The molecule has 0 aliphatic carbocycles. The van der Waals surface area contributed by atoms with Crippen LogP contribution in [-0.4, -0.2) is 9.71 Å². The third-order valence-electron chi connectivity index (χ3n) is 4.11. The molecule has 0 bridgehead atoms. The average molecular weight is 391 g/mol. The summed E-state index contributed by atoms with van der Waals surface area (Å²) in [5.41, 5.74) is 3.73. The summed E-state index contributed by atoms with van der Waals surface area (Å²) in [6.45, 7) is 1.76. The second-order valence-electron chi connectivity index (χ2n) is 5.79. The average Bonchev–Trinajstić information content (AvgIpc) is 3.28. The molecule has 0 spiro atoms. The lowest BCUT2D eigenvalue weighted by Gasteiger charge is -2.18. The Kier molecular flexibility index (Phi) is 4.34. The molecule has 0 saturated carbocycles. The highest BCUT2D eigenvalue weighted by molar-refractivity contribution is 6.36. The van der Waals surface area contributed by atoms with Crippen LogP contribution in [0, 0.1) is 5.82 Å². The summed E-state index contributed by atoms with van der Waals surface area (Å²) in [6, 6.07) is 8.31. The van der Waals surface area contributed by atoms with Crippen LogP contribution in [-0.2, 0) is 0 Å². The van der Waals surface area contributed by atoms with Crippen molar-refractivity contribution in [3.63, 3.8) is 0 Å². The van der Waals surface area contributed by atoms with Crippen molar-refractivity contribution in [2.45, 2.75) is 13.0 Å². The van der Waals surface area contributed by atoms with Crippen LogP contribution in [0.3, 0.4) is 0 Å². The summed E-state index contributed by atoms with van der Waals surface area (Å²) in [5, 5.41) is 0.302. The molecule has 0 aliphatic rings. The lowest BCUT2D eigenvalue weighted by molar-refractivity contribution is 0.0562. The van der Waals surface area contributed by atoms with Gasteiger partial charge in [0.1, 0.15) is 11.3 Å². The molecule has 26 heavy (non-hydrogen) atoms. The van der Waals surface area contributed by atoms with Crippen LogP contribution in [0.5, 0.6) is 0 Å². The Morgan fingerprint density at radius 3 is 2.81 bits per heavy atom. The highest BCUT2D eigenvalue weighted by Gasteiger charge is 2.19. The molecule has 1 atom stereocenters. The van der Waals surface area contributed by atoms with E-state index in [0.717, 1.165) is 22.2 Å². The van der Waals surface area contributed by atoms with Crippen molar-refractivity contribution < 1.29 is 13.6 Å². The number of halogens is 3. The van der Waals surface area contributed by atoms with E-state index in [-0.39, 0.29) is 5.02 Å². The van der Waals surface area contributed by atoms with Gasteiger partial charge in [-0.15, -0.1) is 0 Å². The normalized spacial score (nSPS) is 12.5. The molecule has 0 amide bonds. The first kappa shape index (κ1) is 16.9. The highest BCUT2D eigenvalue weighted by Crippen LogP contribution is 2.33. The molecule has 0 N–H and O–H groups in total. The maximum absolute atomic E-state index is 13.8. The predicted molar refractivity (Wildman–Crippen MR) is 98.9 cm³/mol. The van der Waals surface area contributed by atoms with E-state index in [0.29, 0.717) is 10.6 Å². The van der Waals surface area contributed by atoms with E-state index in [1.807, 2.05) is 18.2 Å². The van der Waals surface area contributed by atoms with Gasteiger partial charge >= 0.3 is 0 Å². The molecule has 3 aromatic heterocycles. The molecular formula is C19H13Cl2FN2O2. The molecule has 4 rings (SSSR count). The standard InChI is InChI=1S/C19H13Cl2FN2O2/c1-11(18-14(20)2-3-15(22)19(18)21)26-24-6-4-16-17(24)8-13(9-23-16)12-5-7-25-10-12/h2-11H,1H3. The fraction of sp³-hybridized carbons (Fsp3) is 0.105. The number of hydrogen-bond acceptors (Lipinski definition) is 3. The predicted octanol–water partition coefficient (Wildman–Crippen LogP) is 5.93. The van der Waals surface area contributed by atoms with Crippen molar-refractivity contribution >= 4 is 34.2 Å². The summed E-state index contributed by atoms with van der Waals surface area (Å²) in [7, 11) is 0. The Bertz CT molecular complexity index is 1080. The molecule has 0 radical (unpaired) electrons. The molecule has 1 unspecified atom stereocenters. The largest absolute Gasteiger partial charge is 0.472 e. The first-order valence-electron chi connectivity index (χ1n) is 7.85. The van der Waals surface area contributed by atoms with Gasteiger partial charge in [-0.3, -0.25) is 4.98 Å². The second kappa shape index (κ2) is 6.67. The van der Waals surface area contributed by atoms with Crippen molar-refractivity contribution in [2.75, 3.05) is 0 Å². The Morgan fingerprint density at radius 1 is 1.19 bits per heavy atom. The summed E-state index contributed by atoms with van der Waals surface area (Å²) >= 11 is 12.3. The topological polar surface area (TPSA) is 40.2 Å². The van der Waals surface area contributed by atoms with E-state index < -0.39 is 11.9 Å². The molecule has 0 fully saturated rings. The fourth-order valence-corrected chi connectivity index (χ4v) is 3.48. The highest BCUT2D eigenvalue weighted by atomic mass is 35.5. The smallest absolute Gasteiger partial charge is 0.150 e. The van der Waals surface area contributed by atoms with E-state index >= 15 is 0 Å². The number of furan rings is 1. The summed E-state index contributed by atoms with van der Waals surface area (Å²) in [6.07, 6.45) is 6.19. The molecule has 4 aromatic rings.